The molecule has 1 aromatic carbocycles. The average Bonchev–Trinajstić information content (AvgIpc) is 3.29. The van der Waals surface area contributed by atoms with Gasteiger partial charge in [0, 0.05) is 29.2 Å². The fourth-order valence-electron chi connectivity index (χ4n) is 3.66. The Hall–Kier alpha value is -2.51. The minimum Gasteiger partial charge on any atom is -0.457 e. The molecule has 8 heteroatoms. The minimum absolute atomic E-state index is 0.135. The number of halogens is 1. The predicted molar refractivity (Wildman–Crippen MR) is 117 cm³/mol. The number of carbonyl (C=O) groups excluding carboxylic acids is 3. The lowest BCUT2D eigenvalue weighted by Gasteiger charge is -2.34. The van der Waals surface area contributed by atoms with Crippen LogP contribution < -0.4 is 0 Å². The Morgan fingerprint density at radius 3 is 2.70 bits per heavy atom. The van der Waals surface area contributed by atoms with E-state index >= 15 is 0 Å². The van der Waals surface area contributed by atoms with Crippen molar-refractivity contribution >= 4 is 46.5 Å². The quantitative estimate of drug-likeness (QED) is 0.618. The van der Waals surface area contributed by atoms with Crippen LogP contribution in [0.15, 0.2) is 45.7 Å². The number of furan rings is 1. The second-order valence-corrected chi connectivity index (χ2v) is 8.84. The first kappa shape index (κ1) is 20.8. The zero-order valence-corrected chi connectivity index (χ0v) is 18.0. The van der Waals surface area contributed by atoms with Crippen molar-refractivity contribution in [3.05, 3.63) is 52.1 Å². The summed E-state index contributed by atoms with van der Waals surface area (Å²) in [7, 11) is 0. The van der Waals surface area contributed by atoms with Crippen molar-refractivity contribution < 1.29 is 18.8 Å². The van der Waals surface area contributed by atoms with Crippen molar-refractivity contribution in [1.29, 1.82) is 0 Å². The van der Waals surface area contributed by atoms with E-state index in [1.807, 2.05) is 19.1 Å². The first-order valence-electron chi connectivity index (χ1n) is 9.83. The lowest BCUT2D eigenvalue weighted by atomic mass is 10.0. The van der Waals surface area contributed by atoms with Crippen LogP contribution in [0.5, 0.6) is 0 Å². The van der Waals surface area contributed by atoms with Gasteiger partial charge in [-0.25, -0.2) is 0 Å². The van der Waals surface area contributed by atoms with Gasteiger partial charge in [-0.05, 0) is 74.3 Å². The Bertz CT molecular complexity index is 1010. The molecule has 0 saturated carbocycles. The van der Waals surface area contributed by atoms with Crippen molar-refractivity contribution in [3.63, 3.8) is 0 Å². The monoisotopic (exact) mass is 444 g/mol. The maximum atomic E-state index is 12.7. The summed E-state index contributed by atoms with van der Waals surface area (Å²) < 4.78 is 5.79. The van der Waals surface area contributed by atoms with Crippen LogP contribution in [0.2, 0.25) is 5.02 Å². The lowest BCUT2D eigenvalue weighted by Crippen LogP contribution is -2.47. The van der Waals surface area contributed by atoms with Crippen LogP contribution >= 0.6 is 23.4 Å². The first-order chi connectivity index (χ1) is 14.4. The maximum absolute atomic E-state index is 12.7. The molecule has 2 aliphatic rings. The van der Waals surface area contributed by atoms with Gasteiger partial charge in [-0.1, -0.05) is 11.6 Å². The first-order valence-corrected chi connectivity index (χ1v) is 11.0. The van der Waals surface area contributed by atoms with Crippen molar-refractivity contribution in [1.82, 2.24) is 9.80 Å². The molecule has 0 N–H and O–H groups in total. The minimum atomic E-state index is -0.465. The van der Waals surface area contributed by atoms with Gasteiger partial charge in [0.25, 0.3) is 11.1 Å². The summed E-state index contributed by atoms with van der Waals surface area (Å²) >= 11 is 6.73. The van der Waals surface area contributed by atoms with Crippen molar-refractivity contribution in [2.75, 3.05) is 13.1 Å². The van der Waals surface area contributed by atoms with Gasteiger partial charge in [-0.15, -0.1) is 0 Å². The summed E-state index contributed by atoms with van der Waals surface area (Å²) in [5.41, 5.74) is 0.855. The summed E-state index contributed by atoms with van der Waals surface area (Å²) in [5.74, 6) is 0.439. The zero-order valence-electron chi connectivity index (χ0n) is 16.5. The van der Waals surface area contributed by atoms with E-state index in [-0.39, 0.29) is 23.4 Å². The molecule has 6 nitrogen and oxygen atoms in total. The van der Waals surface area contributed by atoms with Gasteiger partial charge in [0.05, 0.1) is 4.91 Å². The highest BCUT2D eigenvalue weighted by Crippen LogP contribution is 2.33. The third kappa shape index (κ3) is 4.32. The Labute approximate surface area is 183 Å². The zero-order chi connectivity index (χ0) is 21.3. The topological polar surface area (TPSA) is 70.8 Å². The van der Waals surface area contributed by atoms with E-state index in [0.29, 0.717) is 23.1 Å². The number of thioether (sulfide) groups is 1. The van der Waals surface area contributed by atoms with Gasteiger partial charge < -0.3 is 9.32 Å². The maximum Gasteiger partial charge on any atom is 0.294 e. The number of hydrogen-bond donors (Lipinski definition) is 0. The summed E-state index contributed by atoms with van der Waals surface area (Å²) in [6.07, 6.45) is 4.53. The molecule has 0 radical (unpaired) electrons. The van der Waals surface area contributed by atoms with E-state index in [9.17, 15) is 14.4 Å². The van der Waals surface area contributed by atoms with Crippen LogP contribution in [-0.2, 0) is 9.59 Å². The highest BCUT2D eigenvalue weighted by atomic mass is 35.5. The Morgan fingerprint density at radius 2 is 1.97 bits per heavy atom. The molecule has 0 spiro atoms. The number of imide groups is 1. The van der Waals surface area contributed by atoms with E-state index in [1.54, 1.807) is 29.2 Å². The lowest BCUT2D eigenvalue weighted by molar-refractivity contribution is -0.138. The summed E-state index contributed by atoms with van der Waals surface area (Å²) in [6.45, 7) is 2.45. The fourth-order valence-corrected chi connectivity index (χ4v) is 4.60. The van der Waals surface area contributed by atoms with E-state index in [0.717, 1.165) is 41.5 Å². The molecule has 0 bridgehead atoms. The summed E-state index contributed by atoms with van der Waals surface area (Å²) in [4.78, 5) is 40.7. The molecule has 3 amide bonds. The Balaban J connectivity index is 1.46. The standard InChI is InChI=1S/C22H21ClN2O4S/c1-14-4-2-3-11-24(14)20(26)13-25-21(27)19(30-22(25)28)12-17-9-10-18(29-17)15-5-7-16(23)8-6-15/h5-10,12,14H,2-4,11,13H2,1H3/b19-12-/t14-/m1/s1. The van der Waals surface area contributed by atoms with Crippen LogP contribution in [0.3, 0.4) is 0 Å². The molecule has 30 heavy (non-hydrogen) atoms. The smallest absolute Gasteiger partial charge is 0.294 e. The molecule has 4 rings (SSSR count). The highest BCUT2D eigenvalue weighted by molar-refractivity contribution is 8.18. The molecule has 3 heterocycles. The normalized spacial score (nSPS) is 21.0. The molecular weight excluding hydrogens is 424 g/mol. The van der Waals surface area contributed by atoms with Gasteiger partial charge in [0.2, 0.25) is 5.91 Å². The predicted octanol–water partition coefficient (Wildman–Crippen LogP) is 5.04. The van der Waals surface area contributed by atoms with Gasteiger partial charge in [-0.3, -0.25) is 19.3 Å². The van der Waals surface area contributed by atoms with Crippen LogP contribution in [0.25, 0.3) is 17.4 Å². The van der Waals surface area contributed by atoms with Crippen LogP contribution in [-0.4, -0.2) is 46.0 Å². The third-order valence-corrected chi connectivity index (χ3v) is 6.48. The molecule has 0 unspecified atom stereocenters. The molecular formula is C22H21ClN2O4S. The van der Waals surface area contributed by atoms with Gasteiger partial charge in [0.1, 0.15) is 18.1 Å². The fraction of sp³-hybridized carbons (Fsp3) is 0.318. The molecule has 2 saturated heterocycles. The van der Waals surface area contributed by atoms with E-state index in [1.165, 1.54) is 6.08 Å². The van der Waals surface area contributed by atoms with E-state index in [4.69, 9.17) is 16.0 Å². The Kier molecular flexibility index (Phi) is 6.01. The van der Waals surface area contributed by atoms with E-state index < -0.39 is 11.1 Å². The van der Waals surface area contributed by atoms with Gasteiger partial charge >= 0.3 is 0 Å². The number of benzene rings is 1. The summed E-state index contributed by atoms with van der Waals surface area (Å²) in [5, 5.41) is 0.196. The number of nitrogens with zero attached hydrogens (tertiary/aromatic N) is 2. The third-order valence-electron chi connectivity index (χ3n) is 5.32. The van der Waals surface area contributed by atoms with Crippen molar-refractivity contribution in [2.24, 2.45) is 0 Å². The van der Waals surface area contributed by atoms with Crippen LogP contribution in [0.4, 0.5) is 4.79 Å². The molecule has 2 aliphatic heterocycles. The number of amides is 3. The van der Waals surface area contributed by atoms with Crippen LogP contribution in [0.1, 0.15) is 31.9 Å². The second-order valence-electron chi connectivity index (χ2n) is 7.41. The van der Waals surface area contributed by atoms with Crippen molar-refractivity contribution in [2.45, 2.75) is 32.2 Å². The summed E-state index contributed by atoms with van der Waals surface area (Å²) in [6, 6.07) is 10.9. The average molecular weight is 445 g/mol. The number of piperidine rings is 1. The largest absolute Gasteiger partial charge is 0.457 e. The molecule has 2 aromatic rings. The van der Waals surface area contributed by atoms with Crippen molar-refractivity contribution in [3.8, 4) is 11.3 Å². The SMILES string of the molecule is C[C@@H]1CCCCN1C(=O)CN1C(=O)S/C(=C\c2ccc(-c3ccc(Cl)cc3)o2)C1=O. The molecule has 2 fully saturated rings. The number of likely N-dealkylation sites (tertiary alicyclic amines) is 1. The number of carbonyl (C=O) groups is 3. The van der Waals surface area contributed by atoms with Crippen LogP contribution in [0, 0.1) is 0 Å². The molecule has 156 valence electrons. The molecule has 1 aromatic heterocycles. The Morgan fingerprint density at radius 1 is 1.20 bits per heavy atom. The number of rotatable bonds is 4. The highest BCUT2D eigenvalue weighted by Gasteiger charge is 2.38. The van der Waals surface area contributed by atoms with Gasteiger partial charge in [0.15, 0.2) is 0 Å². The van der Waals surface area contributed by atoms with Gasteiger partial charge in [-0.2, -0.15) is 0 Å². The molecule has 1 atom stereocenters. The number of hydrogen-bond acceptors (Lipinski definition) is 5. The van der Waals surface area contributed by atoms with E-state index in [2.05, 4.69) is 0 Å². The second kappa shape index (κ2) is 8.70. The molecule has 0 aliphatic carbocycles.